The van der Waals surface area contributed by atoms with Gasteiger partial charge in [-0.25, -0.2) is 14.6 Å². The molecule has 28 heavy (non-hydrogen) atoms. The van der Waals surface area contributed by atoms with Crippen molar-refractivity contribution in [3.8, 4) is 5.75 Å². The fourth-order valence-electron chi connectivity index (χ4n) is 3.55. The van der Waals surface area contributed by atoms with E-state index in [1.807, 2.05) is 23.7 Å². The summed E-state index contributed by atoms with van der Waals surface area (Å²) in [4.78, 5) is 21.5. The van der Waals surface area contributed by atoms with Gasteiger partial charge in [-0.05, 0) is 32.0 Å². The van der Waals surface area contributed by atoms with E-state index in [4.69, 9.17) is 9.84 Å². The number of para-hydroxylation sites is 1. The third-order valence-electron chi connectivity index (χ3n) is 4.88. The van der Waals surface area contributed by atoms with Crippen molar-refractivity contribution in [1.29, 1.82) is 0 Å². The van der Waals surface area contributed by atoms with Crippen LogP contribution in [0.15, 0.2) is 36.7 Å². The molecule has 1 fully saturated rings. The van der Waals surface area contributed by atoms with Crippen LogP contribution in [0, 0.1) is 0 Å². The topological polar surface area (TPSA) is 94.0 Å². The van der Waals surface area contributed by atoms with Crippen molar-refractivity contribution in [2.45, 2.75) is 25.8 Å². The molecular formula is C20H24N6O2. The van der Waals surface area contributed by atoms with Crippen molar-refractivity contribution in [2.75, 3.05) is 26.2 Å². The molecule has 3 heterocycles. The predicted octanol–water partition coefficient (Wildman–Crippen LogP) is 1.73. The van der Waals surface area contributed by atoms with E-state index in [1.54, 1.807) is 24.5 Å². The van der Waals surface area contributed by atoms with E-state index in [0.717, 1.165) is 36.4 Å². The Morgan fingerprint density at radius 3 is 3.00 bits per heavy atom. The highest BCUT2D eigenvalue weighted by Gasteiger charge is 2.24. The zero-order valence-electron chi connectivity index (χ0n) is 15.9. The highest BCUT2D eigenvalue weighted by molar-refractivity contribution is 5.96. The maximum absolute atomic E-state index is 12.6. The molecule has 8 heteroatoms. The second-order valence-corrected chi connectivity index (χ2v) is 6.71. The van der Waals surface area contributed by atoms with Gasteiger partial charge in [0.05, 0.1) is 24.4 Å². The minimum atomic E-state index is -0.160. The summed E-state index contributed by atoms with van der Waals surface area (Å²) in [7, 11) is 0. The maximum atomic E-state index is 12.6. The van der Waals surface area contributed by atoms with E-state index >= 15 is 0 Å². The summed E-state index contributed by atoms with van der Waals surface area (Å²) in [5.41, 5.74) is 3.13. The number of ether oxygens (including phenoxy) is 1. The fraction of sp³-hybridized carbons (Fsp3) is 0.400. The minimum absolute atomic E-state index is 0.160. The van der Waals surface area contributed by atoms with E-state index < -0.39 is 0 Å². The van der Waals surface area contributed by atoms with Gasteiger partial charge in [-0.3, -0.25) is 4.79 Å². The second-order valence-electron chi connectivity index (χ2n) is 6.71. The molecule has 1 saturated heterocycles. The van der Waals surface area contributed by atoms with Gasteiger partial charge in [-0.15, -0.1) is 0 Å². The van der Waals surface area contributed by atoms with Gasteiger partial charge in [0.15, 0.2) is 5.65 Å². The number of hydrogen-bond acceptors (Lipinski definition) is 6. The van der Waals surface area contributed by atoms with Crippen LogP contribution in [0.5, 0.6) is 5.75 Å². The van der Waals surface area contributed by atoms with E-state index in [1.165, 1.54) is 0 Å². The van der Waals surface area contributed by atoms with Gasteiger partial charge in [0.2, 0.25) is 0 Å². The number of hydrogen-bond donors (Lipinski definition) is 2. The van der Waals surface area contributed by atoms with Gasteiger partial charge < -0.3 is 15.4 Å². The summed E-state index contributed by atoms with van der Waals surface area (Å²) in [5.74, 6) is 0.786. The van der Waals surface area contributed by atoms with Crippen LogP contribution >= 0.6 is 0 Å². The molecule has 1 aliphatic heterocycles. The minimum Gasteiger partial charge on any atom is -0.493 e. The lowest BCUT2D eigenvalue weighted by Gasteiger charge is -2.10. The molecule has 146 valence electrons. The SMILES string of the molecule is CCOc1ccccc1C(=O)NCCn1nc(C2CCNC2)c2nccnc21. The molecular weight excluding hydrogens is 356 g/mol. The van der Waals surface area contributed by atoms with Gasteiger partial charge >= 0.3 is 0 Å². The Kier molecular flexibility index (Phi) is 5.48. The number of carbonyl (C=O) groups excluding carboxylic acids is 1. The Balaban J connectivity index is 1.47. The molecule has 3 aromatic rings. The molecule has 0 spiro atoms. The summed E-state index contributed by atoms with van der Waals surface area (Å²) < 4.78 is 7.38. The molecule has 0 saturated carbocycles. The van der Waals surface area contributed by atoms with Gasteiger partial charge in [0.25, 0.3) is 5.91 Å². The van der Waals surface area contributed by atoms with Crippen LogP contribution in [0.1, 0.15) is 35.3 Å². The van der Waals surface area contributed by atoms with Crippen LogP contribution in [0.3, 0.4) is 0 Å². The van der Waals surface area contributed by atoms with Gasteiger partial charge in [0, 0.05) is 31.4 Å². The largest absolute Gasteiger partial charge is 0.493 e. The third kappa shape index (κ3) is 3.68. The first-order valence-corrected chi connectivity index (χ1v) is 9.66. The summed E-state index contributed by atoms with van der Waals surface area (Å²) in [6.45, 7) is 5.28. The van der Waals surface area contributed by atoms with Crippen LogP contribution < -0.4 is 15.4 Å². The van der Waals surface area contributed by atoms with Crippen LogP contribution in [0.25, 0.3) is 11.2 Å². The molecule has 1 amide bonds. The van der Waals surface area contributed by atoms with Crippen LogP contribution in [0.4, 0.5) is 0 Å². The van der Waals surface area contributed by atoms with E-state index in [9.17, 15) is 4.79 Å². The van der Waals surface area contributed by atoms with Crippen molar-refractivity contribution in [2.24, 2.45) is 0 Å². The molecule has 8 nitrogen and oxygen atoms in total. The first kappa shape index (κ1) is 18.4. The average molecular weight is 380 g/mol. The lowest BCUT2D eigenvalue weighted by Crippen LogP contribution is -2.28. The molecule has 1 aliphatic rings. The van der Waals surface area contributed by atoms with E-state index in [2.05, 4.69) is 20.6 Å². The highest BCUT2D eigenvalue weighted by atomic mass is 16.5. The number of carbonyl (C=O) groups is 1. The lowest BCUT2D eigenvalue weighted by molar-refractivity contribution is 0.0948. The van der Waals surface area contributed by atoms with Crippen LogP contribution in [0.2, 0.25) is 0 Å². The number of nitrogens with one attached hydrogen (secondary N) is 2. The molecule has 2 N–H and O–H groups in total. The molecule has 0 aliphatic carbocycles. The molecule has 1 atom stereocenters. The predicted molar refractivity (Wildman–Crippen MR) is 105 cm³/mol. The first-order valence-electron chi connectivity index (χ1n) is 9.66. The van der Waals surface area contributed by atoms with Crippen molar-refractivity contribution in [3.05, 3.63) is 47.9 Å². The van der Waals surface area contributed by atoms with E-state index in [0.29, 0.717) is 36.9 Å². The average Bonchev–Trinajstić information content (AvgIpc) is 3.37. The number of rotatable bonds is 7. The number of benzene rings is 1. The highest BCUT2D eigenvalue weighted by Crippen LogP contribution is 2.26. The smallest absolute Gasteiger partial charge is 0.255 e. The van der Waals surface area contributed by atoms with Crippen molar-refractivity contribution in [3.63, 3.8) is 0 Å². The van der Waals surface area contributed by atoms with Crippen molar-refractivity contribution in [1.82, 2.24) is 30.4 Å². The Labute approximate surface area is 163 Å². The summed E-state index contributed by atoms with van der Waals surface area (Å²) in [6.07, 6.45) is 4.43. The molecule has 1 aromatic carbocycles. The third-order valence-corrected chi connectivity index (χ3v) is 4.88. The second kappa shape index (κ2) is 8.35. The lowest BCUT2D eigenvalue weighted by atomic mass is 10.0. The Hall–Kier alpha value is -3.00. The van der Waals surface area contributed by atoms with E-state index in [-0.39, 0.29) is 5.91 Å². The zero-order chi connectivity index (χ0) is 19.3. The Morgan fingerprint density at radius 2 is 2.18 bits per heavy atom. The number of fused-ring (bicyclic) bond motifs is 1. The summed E-state index contributed by atoms with van der Waals surface area (Å²) in [5, 5.41) is 11.1. The normalized spacial score (nSPS) is 16.4. The molecule has 0 radical (unpaired) electrons. The Morgan fingerprint density at radius 1 is 1.32 bits per heavy atom. The standard InChI is InChI=1S/C20H24N6O2/c1-2-28-16-6-4-3-5-15(16)20(27)24-11-12-26-19-18(22-9-10-23-19)17(25-26)14-7-8-21-13-14/h3-6,9-10,14,21H,2,7-8,11-13H2,1H3,(H,24,27). The molecule has 4 rings (SSSR count). The number of nitrogens with zero attached hydrogens (tertiary/aromatic N) is 4. The summed E-state index contributed by atoms with van der Waals surface area (Å²) in [6, 6.07) is 7.25. The molecule has 2 aromatic heterocycles. The first-order chi connectivity index (χ1) is 13.8. The number of aromatic nitrogens is 4. The molecule has 0 bridgehead atoms. The van der Waals surface area contributed by atoms with Crippen molar-refractivity contribution >= 4 is 17.1 Å². The fourth-order valence-corrected chi connectivity index (χ4v) is 3.55. The van der Waals surface area contributed by atoms with Gasteiger partial charge in [0.1, 0.15) is 11.3 Å². The van der Waals surface area contributed by atoms with Gasteiger partial charge in [-0.2, -0.15) is 5.10 Å². The maximum Gasteiger partial charge on any atom is 0.255 e. The molecule has 1 unspecified atom stereocenters. The number of amides is 1. The zero-order valence-corrected chi connectivity index (χ0v) is 15.9. The van der Waals surface area contributed by atoms with Crippen LogP contribution in [-0.4, -0.2) is 51.9 Å². The van der Waals surface area contributed by atoms with Crippen LogP contribution in [-0.2, 0) is 6.54 Å². The monoisotopic (exact) mass is 380 g/mol. The quantitative estimate of drug-likeness (QED) is 0.648. The Bertz CT molecular complexity index is 964. The van der Waals surface area contributed by atoms with Crippen molar-refractivity contribution < 1.29 is 9.53 Å². The van der Waals surface area contributed by atoms with Gasteiger partial charge in [-0.1, -0.05) is 12.1 Å². The summed E-state index contributed by atoms with van der Waals surface area (Å²) >= 11 is 0.